The Kier molecular flexibility index (Phi) is 6.42. The minimum absolute atomic E-state index is 0.0894. The van der Waals surface area contributed by atoms with E-state index in [0.29, 0.717) is 0 Å². The lowest BCUT2D eigenvalue weighted by molar-refractivity contribution is -0.220. The fourth-order valence-electron chi connectivity index (χ4n) is 2.52. The smallest absolute Gasteiger partial charge is 0.181 e. The summed E-state index contributed by atoms with van der Waals surface area (Å²) in [5, 5.41) is 66.4. The first kappa shape index (κ1) is 18.3. The van der Waals surface area contributed by atoms with Crippen LogP contribution in [0.3, 0.4) is 0 Å². The second-order valence-corrected chi connectivity index (χ2v) is 6.76. The SMILES string of the molecule is OC[C@H]1O[C@@H](S[C@H]2C[C@@H](O)[C@H](O)O[C@@H]2CO)[C@H](O)[C@@H](O)[C@@H]1O. The highest BCUT2D eigenvalue weighted by atomic mass is 32.2. The third kappa shape index (κ3) is 3.73. The Labute approximate surface area is 131 Å². The van der Waals surface area contributed by atoms with E-state index in [1.807, 2.05) is 0 Å². The fraction of sp³-hybridized carbons (Fsp3) is 1.00. The highest BCUT2D eigenvalue weighted by Gasteiger charge is 2.46. The fourth-order valence-corrected chi connectivity index (χ4v) is 4.03. The molecule has 2 fully saturated rings. The molecule has 7 N–H and O–H groups in total. The summed E-state index contributed by atoms with van der Waals surface area (Å²) in [6, 6.07) is 0. The third-order valence-electron chi connectivity index (χ3n) is 3.87. The molecule has 2 heterocycles. The molecule has 10 heteroatoms. The Balaban J connectivity index is 2.04. The van der Waals surface area contributed by atoms with Gasteiger partial charge >= 0.3 is 0 Å². The molecule has 2 aliphatic rings. The Morgan fingerprint density at radius 3 is 2.05 bits per heavy atom. The molecule has 2 rings (SSSR count). The summed E-state index contributed by atoms with van der Waals surface area (Å²) in [6.45, 7) is -0.938. The lowest BCUT2D eigenvalue weighted by Gasteiger charge is -2.43. The van der Waals surface area contributed by atoms with Crippen LogP contribution in [0.5, 0.6) is 0 Å². The maximum absolute atomic E-state index is 9.98. The second kappa shape index (κ2) is 7.71. The van der Waals surface area contributed by atoms with E-state index in [4.69, 9.17) is 14.6 Å². The predicted octanol–water partition coefficient (Wildman–Crippen LogP) is -3.65. The van der Waals surface area contributed by atoms with Gasteiger partial charge in [-0.3, -0.25) is 0 Å². The second-order valence-electron chi connectivity index (χ2n) is 5.42. The van der Waals surface area contributed by atoms with Crippen molar-refractivity contribution in [3.8, 4) is 0 Å². The zero-order valence-corrected chi connectivity index (χ0v) is 12.5. The lowest BCUT2D eigenvalue weighted by atomic mass is 10.0. The molecule has 22 heavy (non-hydrogen) atoms. The van der Waals surface area contributed by atoms with Gasteiger partial charge in [-0.25, -0.2) is 0 Å². The van der Waals surface area contributed by atoms with Crippen LogP contribution in [-0.2, 0) is 9.47 Å². The molecular weight excluding hydrogens is 320 g/mol. The Bertz CT molecular complexity index is 357. The van der Waals surface area contributed by atoms with Gasteiger partial charge in [-0.05, 0) is 6.42 Å². The van der Waals surface area contributed by atoms with Gasteiger partial charge in [-0.15, -0.1) is 11.8 Å². The van der Waals surface area contributed by atoms with Gasteiger partial charge in [0.05, 0.1) is 19.3 Å². The summed E-state index contributed by atoms with van der Waals surface area (Å²) in [5.74, 6) is 0. The molecule has 0 spiro atoms. The number of hydrogen-bond donors (Lipinski definition) is 7. The van der Waals surface area contributed by atoms with E-state index in [1.165, 1.54) is 0 Å². The number of ether oxygens (including phenoxy) is 2. The van der Waals surface area contributed by atoms with Crippen molar-refractivity contribution in [2.75, 3.05) is 13.2 Å². The van der Waals surface area contributed by atoms with Crippen LogP contribution in [0.15, 0.2) is 0 Å². The van der Waals surface area contributed by atoms with Gasteiger partial charge in [0.15, 0.2) is 6.29 Å². The van der Waals surface area contributed by atoms with Crippen LogP contribution in [0.2, 0.25) is 0 Å². The van der Waals surface area contributed by atoms with E-state index in [0.717, 1.165) is 11.8 Å². The number of aliphatic hydroxyl groups excluding tert-OH is 7. The van der Waals surface area contributed by atoms with Crippen molar-refractivity contribution in [1.29, 1.82) is 0 Å². The topological polar surface area (TPSA) is 160 Å². The molecule has 9 atom stereocenters. The molecule has 0 unspecified atom stereocenters. The van der Waals surface area contributed by atoms with E-state index in [1.54, 1.807) is 0 Å². The third-order valence-corrected chi connectivity index (χ3v) is 5.37. The molecule has 0 aliphatic carbocycles. The molecule has 2 aliphatic heterocycles. The number of thioether (sulfide) groups is 1. The summed E-state index contributed by atoms with van der Waals surface area (Å²) in [4.78, 5) is 0. The first-order chi connectivity index (χ1) is 10.4. The lowest BCUT2D eigenvalue weighted by Crippen LogP contribution is -2.58. The van der Waals surface area contributed by atoms with Crippen molar-refractivity contribution >= 4 is 11.8 Å². The summed E-state index contributed by atoms with van der Waals surface area (Å²) >= 11 is 1.00. The van der Waals surface area contributed by atoms with Gasteiger partial charge in [0.1, 0.15) is 36.0 Å². The zero-order chi connectivity index (χ0) is 16.4. The van der Waals surface area contributed by atoms with E-state index >= 15 is 0 Å². The van der Waals surface area contributed by atoms with E-state index < -0.39 is 66.8 Å². The molecule has 2 saturated heterocycles. The molecule has 130 valence electrons. The average molecular weight is 342 g/mol. The van der Waals surface area contributed by atoms with Crippen LogP contribution >= 0.6 is 11.8 Å². The largest absolute Gasteiger partial charge is 0.394 e. The monoisotopic (exact) mass is 342 g/mol. The Morgan fingerprint density at radius 2 is 1.45 bits per heavy atom. The molecule has 0 aromatic carbocycles. The maximum Gasteiger partial charge on any atom is 0.181 e. The van der Waals surface area contributed by atoms with E-state index in [2.05, 4.69) is 0 Å². The van der Waals surface area contributed by atoms with Gasteiger partial charge in [0.25, 0.3) is 0 Å². The van der Waals surface area contributed by atoms with Gasteiger partial charge in [0, 0.05) is 5.25 Å². The Hall–Kier alpha value is -0.0100. The quantitative estimate of drug-likeness (QED) is 0.271. The summed E-state index contributed by atoms with van der Waals surface area (Å²) < 4.78 is 10.4. The molecule has 0 aromatic rings. The van der Waals surface area contributed by atoms with Crippen LogP contribution in [0, 0.1) is 0 Å². The molecule has 0 aromatic heterocycles. The average Bonchev–Trinajstić information content (AvgIpc) is 2.51. The summed E-state index contributed by atoms with van der Waals surface area (Å²) in [7, 11) is 0. The first-order valence-electron chi connectivity index (χ1n) is 6.97. The van der Waals surface area contributed by atoms with Crippen molar-refractivity contribution in [2.45, 2.75) is 60.0 Å². The van der Waals surface area contributed by atoms with Crippen molar-refractivity contribution < 1.29 is 45.2 Å². The Morgan fingerprint density at radius 1 is 0.818 bits per heavy atom. The highest BCUT2D eigenvalue weighted by Crippen LogP contribution is 2.36. The van der Waals surface area contributed by atoms with Crippen LogP contribution in [-0.4, -0.2) is 103 Å². The highest BCUT2D eigenvalue weighted by molar-refractivity contribution is 8.00. The molecule has 9 nitrogen and oxygen atoms in total. The minimum atomic E-state index is -1.49. The van der Waals surface area contributed by atoms with E-state index in [-0.39, 0.29) is 6.42 Å². The van der Waals surface area contributed by atoms with Gasteiger partial charge in [-0.1, -0.05) is 0 Å². The van der Waals surface area contributed by atoms with Crippen molar-refractivity contribution in [3.05, 3.63) is 0 Å². The molecule has 0 saturated carbocycles. The van der Waals surface area contributed by atoms with Gasteiger partial charge in [-0.2, -0.15) is 0 Å². The normalized spacial score (nSPS) is 50.0. The molecule has 0 radical (unpaired) electrons. The van der Waals surface area contributed by atoms with Crippen LogP contribution < -0.4 is 0 Å². The van der Waals surface area contributed by atoms with Crippen LogP contribution in [0.25, 0.3) is 0 Å². The number of hydrogen-bond acceptors (Lipinski definition) is 10. The van der Waals surface area contributed by atoms with Gasteiger partial charge < -0.3 is 45.2 Å². The zero-order valence-electron chi connectivity index (χ0n) is 11.7. The molecular formula is C12H22O9S. The number of rotatable bonds is 4. The molecule has 0 amide bonds. The van der Waals surface area contributed by atoms with E-state index in [9.17, 15) is 30.6 Å². The summed E-state index contributed by atoms with van der Waals surface area (Å²) in [6.07, 6.45) is -8.61. The van der Waals surface area contributed by atoms with Crippen molar-refractivity contribution in [3.63, 3.8) is 0 Å². The maximum atomic E-state index is 9.98. The van der Waals surface area contributed by atoms with Crippen molar-refractivity contribution in [1.82, 2.24) is 0 Å². The summed E-state index contributed by atoms with van der Waals surface area (Å²) in [5.41, 5.74) is -0.986. The van der Waals surface area contributed by atoms with Gasteiger partial charge in [0.2, 0.25) is 0 Å². The van der Waals surface area contributed by atoms with Crippen LogP contribution in [0.4, 0.5) is 0 Å². The number of aliphatic hydroxyl groups is 7. The first-order valence-corrected chi connectivity index (χ1v) is 7.91. The van der Waals surface area contributed by atoms with Crippen LogP contribution in [0.1, 0.15) is 6.42 Å². The van der Waals surface area contributed by atoms with Crippen molar-refractivity contribution in [2.24, 2.45) is 0 Å². The predicted molar refractivity (Wildman–Crippen MR) is 73.7 cm³/mol. The molecule has 0 bridgehead atoms. The minimum Gasteiger partial charge on any atom is -0.394 e. The standard InChI is InChI=1S/C12H22O9S/c13-2-5-7(1-4(15)11(19)20-5)22-12-10(18)9(17)8(16)6(3-14)21-12/h4-19H,1-3H2/t4-,5-,6-,7+,8-,9+,10-,11-,12+/m1/s1.